The molecule has 2 aromatic carbocycles. The van der Waals surface area contributed by atoms with E-state index >= 15 is 0 Å². The summed E-state index contributed by atoms with van der Waals surface area (Å²) in [6, 6.07) is 9.81. The molecule has 0 unspecified atom stereocenters. The molecule has 0 saturated carbocycles. The van der Waals surface area contributed by atoms with Crippen LogP contribution in [0.15, 0.2) is 60.7 Å². The summed E-state index contributed by atoms with van der Waals surface area (Å²) >= 11 is 0. The first-order valence-electron chi connectivity index (χ1n) is 9.28. The Kier molecular flexibility index (Phi) is 5.82. The van der Waals surface area contributed by atoms with Crippen molar-refractivity contribution in [3.05, 3.63) is 83.2 Å². The third-order valence-corrected chi connectivity index (χ3v) is 4.81. The SMILES string of the molecule is C=CCN1C(=O)C(=O)C(=C(O)c2ccc(OCC)c(C)c2)[C@@H]1c1ccccc1F. The van der Waals surface area contributed by atoms with Crippen LogP contribution in [-0.2, 0) is 9.59 Å². The molecule has 1 N–H and O–H groups in total. The number of rotatable bonds is 6. The summed E-state index contributed by atoms with van der Waals surface area (Å²) < 4.78 is 20.1. The predicted molar refractivity (Wildman–Crippen MR) is 108 cm³/mol. The Labute approximate surface area is 168 Å². The highest BCUT2D eigenvalue weighted by molar-refractivity contribution is 6.46. The third-order valence-electron chi connectivity index (χ3n) is 4.81. The first-order valence-corrected chi connectivity index (χ1v) is 9.28. The maximum atomic E-state index is 14.6. The first kappa shape index (κ1) is 20.3. The van der Waals surface area contributed by atoms with Gasteiger partial charge in [-0.2, -0.15) is 0 Å². The summed E-state index contributed by atoms with van der Waals surface area (Å²) in [5.41, 5.74) is 1.10. The highest BCUT2D eigenvalue weighted by Crippen LogP contribution is 2.40. The number of carbonyl (C=O) groups is 2. The standard InChI is InChI=1S/C23H22FNO4/c1-4-12-25-20(16-8-6-7-9-17(16)24)19(22(27)23(25)28)21(26)15-10-11-18(29-5-2)14(3)13-15/h4,6-11,13,20,26H,1,5,12H2,2-3H3/t20-/m0/s1. The molecule has 29 heavy (non-hydrogen) atoms. The van der Waals surface area contributed by atoms with Crippen LogP contribution >= 0.6 is 0 Å². The van der Waals surface area contributed by atoms with Crippen LogP contribution in [0.5, 0.6) is 5.75 Å². The molecule has 1 heterocycles. The molecule has 1 aliphatic rings. The smallest absolute Gasteiger partial charge is 0.295 e. The van der Waals surface area contributed by atoms with Crippen molar-refractivity contribution in [3.63, 3.8) is 0 Å². The Balaban J connectivity index is 2.19. The van der Waals surface area contributed by atoms with Crippen LogP contribution in [-0.4, -0.2) is 34.8 Å². The topological polar surface area (TPSA) is 66.8 Å². The fraction of sp³-hybridized carbons (Fsp3) is 0.217. The molecule has 1 atom stereocenters. The van der Waals surface area contributed by atoms with Gasteiger partial charge in [-0.15, -0.1) is 6.58 Å². The summed E-state index contributed by atoms with van der Waals surface area (Å²) in [5.74, 6) is -1.93. The summed E-state index contributed by atoms with van der Waals surface area (Å²) in [5, 5.41) is 11.0. The molecular formula is C23H22FNO4. The van der Waals surface area contributed by atoms with E-state index in [0.29, 0.717) is 17.9 Å². The molecule has 0 bridgehead atoms. The average molecular weight is 395 g/mol. The average Bonchev–Trinajstić information content (AvgIpc) is 2.94. The molecule has 1 amide bonds. The zero-order valence-corrected chi connectivity index (χ0v) is 16.3. The number of amides is 1. The fourth-order valence-electron chi connectivity index (χ4n) is 3.50. The van der Waals surface area contributed by atoms with Crippen molar-refractivity contribution in [1.82, 2.24) is 4.90 Å². The van der Waals surface area contributed by atoms with Gasteiger partial charge in [-0.1, -0.05) is 24.3 Å². The molecule has 0 aliphatic carbocycles. The van der Waals surface area contributed by atoms with Gasteiger partial charge in [0.2, 0.25) is 0 Å². The predicted octanol–water partition coefficient (Wildman–Crippen LogP) is 4.14. The molecule has 150 valence electrons. The number of aryl methyl sites for hydroxylation is 1. The van der Waals surface area contributed by atoms with Gasteiger partial charge < -0.3 is 14.7 Å². The van der Waals surface area contributed by atoms with Gasteiger partial charge in [0.25, 0.3) is 11.7 Å². The number of carbonyl (C=O) groups excluding carboxylic acids is 2. The second-order valence-electron chi connectivity index (χ2n) is 6.67. The van der Waals surface area contributed by atoms with Crippen molar-refractivity contribution in [2.45, 2.75) is 19.9 Å². The van der Waals surface area contributed by atoms with Crippen LogP contribution in [0.2, 0.25) is 0 Å². The molecule has 0 radical (unpaired) electrons. The summed E-state index contributed by atoms with van der Waals surface area (Å²) in [6.45, 7) is 7.82. The van der Waals surface area contributed by atoms with E-state index in [2.05, 4.69) is 6.58 Å². The van der Waals surface area contributed by atoms with Gasteiger partial charge in [0, 0.05) is 17.7 Å². The second kappa shape index (κ2) is 8.31. The van der Waals surface area contributed by atoms with E-state index in [4.69, 9.17) is 4.74 Å². The van der Waals surface area contributed by atoms with Crippen molar-refractivity contribution in [2.24, 2.45) is 0 Å². The quantitative estimate of drug-likeness (QED) is 0.346. The van der Waals surface area contributed by atoms with Gasteiger partial charge in [0.15, 0.2) is 0 Å². The lowest BCUT2D eigenvalue weighted by Gasteiger charge is -2.24. The van der Waals surface area contributed by atoms with Gasteiger partial charge in [0.1, 0.15) is 17.3 Å². The molecule has 1 saturated heterocycles. The summed E-state index contributed by atoms with van der Waals surface area (Å²) in [4.78, 5) is 26.6. The summed E-state index contributed by atoms with van der Waals surface area (Å²) in [6.07, 6.45) is 1.46. The molecule has 1 fully saturated rings. The van der Waals surface area contributed by atoms with Crippen LogP contribution < -0.4 is 4.74 Å². The molecule has 5 nitrogen and oxygen atoms in total. The summed E-state index contributed by atoms with van der Waals surface area (Å²) in [7, 11) is 0. The maximum Gasteiger partial charge on any atom is 0.295 e. The van der Waals surface area contributed by atoms with E-state index in [9.17, 15) is 19.1 Å². The third kappa shape index (κ3) is 3.66. The lowest BCUT2D eigenvalue weighted by molar-refractivity contribution is -0.139. The van der Waals surface area contributed by atoms with Crippen LogP contribution in [0, 0.1) is 12.7 Å². The van der Waals surface area contributed by atoms with Crippen LogP contribution in [0.1, 0.15) is 29.7 Å². The minimum atomic E-state index is -1.04. The number of halogens is 1. The van der Waals surface area contributed by atoms with Crippen LogP contribution in [0.25, 0.3) is 5.76 Å². The van der Waals surface area contributed by atoms with E-state index in [-0.39, 0.29) is 23.4 Å². The monoisotopic (exact) mass is 395 g/mol. The van der Waals surface area contributed by atoms with Gasteiger partial charge in [-0.3, -0.25) is 9.59 Å². The Hall–Kier alpha value is -3.41. The molecule has 0 spiro atoms. The Morgan fingerprint density at radius 2 is 2.00 bits per heavy atom. The molecule has 6 heteroatoms. The molecule has 1 aliphatic heterocycles. The molecule has 3 rings (SSSR count). The van der Waals surface area contributed by atoms with Crippen molar-refractivity contribution in [1.29, 1.82) is 0 Å². The van der Waals surface area contributed by atoms with E-state index in [1.165, 1.54) is 29.2 Å². The Morgan fingerprint density at radius 3 is 2.62 bits per heavy atom. The van der Waals surface area contributed by atoms with Gasteiger partial charge in [-0.25, -0.2) is 4.39 Å². The first-order chi connectivity index (χ1) is 13.9. The zero-order valence-electron chi connectivity index (χ0n) is 16.3. The van der Waals surface area contributed by atoms with Crippen LogP contribution in [0.3, 0.4) is 0 Å². The van der Waals surface area contributed by atoms with E-state index in [1.54, 1.807) is 24.3 Å². The van der Waals surface area contributed by atoms with Crippen molar-refractivity contribution >= 4 is 17.4 Å². The number of Topliss-reactive ketones (excluding diaryl/α,β-unsaturated/α-hetero) is 1. The van der Waals surface area contributed by atoms with Crippen LogP contribution in [0.4, 0.5) is 4.39 Å². The number of hydrogen-bond acceptors (Lipinski definition) is 4. The lowest BCUT2D eigenvalue weighted by Crippen LogP contribution is -2.30. The van der Waals surface area contributed by atoms with Crippen molar-refractivity contribution in [2.75, 3.05) is 13.2 Å². The number of ether oxygens (including phenoxy) is 1. The number of aliphatic hydroxyl groups excluding tert-OH is 1. The largest absolute Gasteiger partial charge is 0.507 e. The van der Waals surface area contributed by atoms with E-state index in [1.807, 2.05) is 13.8 Å². The number of hydrogen-bond donors (Lipinski definition) is 1. The minimum absolute atomic E-state index is 0.0443. The van der Waals surface area contributed by atoms with Crippen molar-refractivity contribution < 1.29 is 23.8 Å². The molecule has 0 aromatic heterocycles. The van der Waals surface area contributed by atoms with E-state index < -0.39 is 23.5 Å². The van der Waals surface area contributed by atoms with E-state index in [0.717, 1.165) is 5.56 Å². The molecule has 2 aromatic rings. The zero-order chi connectivity index (χ0) is 21.1. The minimum Gasteiger partial charge on any atom is -0.507 e. The fourth-order valence-corrected chi connectivity index (χ4v) is 3.50. The maximum absolute atomic E-state index is 14.6. The highest BCUT2D eigenvalue weighted by atomic mass is 19.1. The van der Waals surface area contributed by atoms with Gasteiger partial charge >= 0.3 is 0 Å². The number of likely N-dealkylation sites (tertiary alicyclic amines) is 1. The Morgan fingerprint density at radius 1 is 1.28 bits per heavy atom. The number of aliphatic hydroxyl groups is 1. The van der Waals surface area contributed by atoms with Gasteiger partial charge in [-0.05, 0) is 43.7 Å². The highest BCUT2D eigenvalue weighted by Gasteiger charge is 2.46. The lowest BCUT2D eigenvalue weighted by atomic mass is 9.94. The number of nitrogens with zero attached hydrogens (tertiary/aromatic N) is 1. The Bertz CT molecular complexity index is 1010. The number of benzene rings is 2. The van der Waals surface area contributed by atoms with Crippen molar-refractivity contribution in [3.8, 4) is 5.75 Å². The number of ketones is 1. The second-order valence-corrected chi connectivity index (χ2v) is 6.67. The molecular weight excluding hydrogens is 373 g/mol. The van der Waals surface area contributed by atoms with Gasteiger partial charge in [0.05, 0.1) is 18.2 Å². The normalized spacial score (nSPS) is 18.2.